The molecule has 8 atom stereocenters. The first kappa shape index (κ1) is 21.8. The molecule has 3 rings (SSSR count). The van der Waals surface area contributed by atoms with E-state index in [4.69, 9.17) is 21.7 Å². The quantitative estimate of drug-likeness (QED) is 0.656. The number of hydrogen-bond donors (Lipinski definition) is 1. The minimum atomic E-state index is -0.820. The van der Waals surface area contributed by atoms with Gasteiger partial charge in [-0.3, -0.25) is 0 Å². The maximum atomic E-state index is 11.0. The van der Waals surface area contributed by atoms with Gasteiger partial charge in [0.2, 0.25) is 0 Å². The summed E-state index contributed by atoms with van der Waals surface area (Å²) in [7, 11) is 3.83. The van der Waals surface area contributed by atoms with Crippen molar-refractivity contribution in [3.8, 4) is 0 Å². The van der Waals surface area contributed by atoms with Gasteiger partial charge in [-0.15, -0.1) is 22.7 Å². The second-order valence-corrected chi connectivity index (χ2v) is 11.0. The summed E-state index contributed by atoms with van der Waals surface area (Å²) < 4.78 is 6.75. The van der Waals surface area contributed by atoms with Crippen LogP contribution in [0.15, 0.2) is 0 Å². The Morgan fingerprint density at radius 3 is 2.22 bits per heavy atom. The van der Waals surface area contributed by atoms with Crippen LogP contribution in [-0.2, 0) is 4.74 Å². The molecule has 0 amide bonds. The molecule has 4 nitrogen and oxygen atoms in total. The lowest BCUT2D eigenvalue weighted by molar-refractivity contribution is -0.143. The van der Waals surface area contributed by atoms with Gasteiger partial charge >= 0.3 is 0 Å². The Labute approximate surface area is 171 Å². The molecule has 27 heavy (non-hydrogen) atoms. The van der Waals surface area contributed by atoms with Crippen molar-refractivity contribution in [3.63, 3.8) is 0 Å². The molecular weight excluding hydrogens is 360 g/mol. The first-order valence-corrected chi connectivity index (χ1v) is 11.1. The summed E-state index contributed by atoms with van der Waals surface area (Å²) in [5.74, 6) is 0.986. The summed E-state index contributed by atoms with van der Waals surface area (Å²) in [5.41, 5.74) is -1.24. The molecule has 3 fully saturated rings. The van der Waals surface area contributed by atoms with E-state index in [0.29, 0.717) is 11.8 Å². The first-order chi connectivity index (χ1) is 12.4. The van der Waals surface area contributed by atoms with Gasteiger partial charge in [-0.05, 0) is 57.8 Å². The van der Waals surface area contributed by atoms with E-state index >= 15 is 0 Å². The van der Waals surface area contributed by atoms with Crippen LogP contribution in [-0.4, -0.2) is 53.0 Å². The Morgan fingerprint density at radius 1 is 1.00 bits per heavy atom. The van der Waals surface area contributed by atoms with Crippen molar-refractivity contribution in [2.45, 2.75) is 107 Å². The van der Waals surface area contributed by atoms with Gasteiger partial charge in [0, 0.05) is 6.10 Å². The molecular formula is C22H39ClN2O2-2. The monoisotopic (exact) mass is 398 g/mol. The fourth-order valence-electron chi connectivity index (χ4n) is 6.20. The molecule has 5 heteroatoms. The maximum Gasteiger partial charge on any atom is 0.0785 e. The normalized spacial score (nSPS) is 51.2. The number of rotatable bonds is 4. The molecule has 158 valence electrons. The minimum Gasteiger partial charge on any atom is -0.659 e. The van der Waals surface area contributed by atoms with Crippen LogP contribution in [0.25, 0.3) is 10.6 Å². The average molecular weight is 399 g/mol. The fourth-order valence-corrected chi connectivity index (χ4v) is 6.66. The summed E-state index contributed by atoms with van der Waals surface area (Å²) in [5, 5.41) is 20.1. The zero-order chi connectivity index (χ0) is 20.3. The Kier molecular flexibility index (Phi) is 5.76. The molecule has 1 aliphatic heterocycles. The SMILES string of the molecule is C[N-]C(C)(C)[C@@H]1CC[C@](C)([C@H]2CC[C@](C)([N-]C)[C@H]3CC[C@@](C)(O)[C@H](Cl)[C@H]23)O1. The number of hydrogen-bond acceptors (Lipinski definition) is 2. The highest BCUT2D eigenvalue weighted by atomic mass is 35.5. The highest BCUT2D eigenvalue weighted by Crippen LogP contribution is 2.59. The number of ether oxygens (including phenoxy) is 1. The smallest absolute Gasteiger partial charge is 0.0785 e. The van der Waals surface area contributed by atoms with Crippen LogP contribution in [0, 0.1) is 17.8 Å². The van der Waals surface area contributed by atoms with Gasteiger partial charge < -0.3 is 20.5 Å². The Morgan fingerprint density at radius 2 is 1.63 bits per heavy atom. The maximum absolute atomic E-state index is 11.0. The molecule has 0 radical (unpaired) electrons. The van der Waals surface area contributed by atoms with E-state index in [1.807, 2.05) is 21.0 Å². The van der Waals surface area contributed by atoms with Gasteiger partial charge in [0.1, 0.15) is 0 Å². The largest absolute Gasteiger partial charge is 0.659 e. The predicted molar refractivity (Wildman–Crippen MR) is 113 cm³/mol. The van der Waals surface area contributed by atoms with Gasteiger partial charge in [0.05, 0.1) is 16.6 Å². The van der Waals surface area contributed by atoms with Crippen molar-refractivity contribution in [1.82, 2.24) is 0 Å². The number of likely N-dealkylation sites (N-methyl/N-ethyl adjacent to an activating group) is 1. The Bertz CT molecular complexity index is 554. The predicted octanol–water partition coefficient (Wildman–Crippen LogP) is 5.26. The number of fused-ring (bicyclic) bond motifs is 1. The van der Waals surface area contributed by atoms with Crippen LogP contribution in [0.3, 0.4) is 0 Å². The van der Waals surface area contributed by atoms with Crippen molar-refractivity contribution in [1.29, 1.82) is 0 Å². The molecule has 2 saturated carbocycles. The molecule has 1 N–H and O–H groups in total. The van der Waals surface area contributed by atoms with E-state index < -0.39 is 5.60 Å². The third kappa shape index (κ3) is 3.59. The first-order valence-electron chi connectivity index (χ1n) is 10.7. The average Bonchev–Trinajstić information content (AvgIpc) is 3.02. The second kappa shape index (κ2) is 7.12. The van der Waals surface area contributed by atoms with Crippen molar-refractivity contribution in [2.24, 2.45) is 17.8 Å². The molecule has 0 aromatic heterocycles. The molecule has 2 aliphatic carbocycles. The molecule has 0 spiro atoms. The third-order valence-electron chi connectivity index (χ3n) is 8.56. The van der Waals surface area contributed by atoms with Crippen molar-refractivity contribution < 1.29 is 9.84 Å². The Hall–Kier alpha value is 0.130. The zero-order valence-corrected chi connectivity index (χ0v) is 19.0. The summed E-state index contributed by atoms with van der Waals surface area (Å²) in [6, 6.07) is 0. The van der Waals surface area contributed by atoms with Gasteiger partial charge in [-0.25, -0.2) is 0 Å². The van der Waals surface area contributed by atoms with E-state index in [2.05, 4.69) is 33.0 Å². The van der Waals surface area contributed by atoms with Crippen LogP contribution in [0.4, 0.5) is 0 Å². The lowest BCUT2D eigenvalue weighted by atomic mass is 9.52. The topological polar surface area (TPSA) is 57.7 Å². The zero-order valence-electron chi connectivity index (χ0n) is 18.3. The lowest BCUT2D eigenvalue weighted by Crippen LogP contribution is -2.61. The fraction of sp³-hybridized carbons (Fsp3) is 1.00. The molecule has 0 aromatic rings. The van der Waals surface area contributed by atoms with Gasteiger partial charge in [0.15, 0.2) is 0 Å². The van der Waals surface area contributed by atoms with E-state index in [-0.39, 0.29) is 34.1 Å². The van der Waals surface area contributed by atoms with Crippen molar-refractivity contribution >= 4 is 11.6 Å². The Balaban J connectivity index is 1.91. The molecule has 0 aromatic carbocycles. The molecule has 0 bridgehead atoms. The highest BCUT2D eigenvalue weighted by Gasteiger charge is 2.58. The van der Waals surface area contributed by atoms with E-state index in [1.165, 1.54) is 0 Å². The van der Waals surface area contributed by atoms with Crippen molar-refractivity contribution in [2.75, 3.05) is 14.1 Å². The standard InChI is InChI=1S/C22H39ClN2O2/c1-19(2,24-6)16-10-13-22(5,27-16)15-8-11-20(3,25-7)14-9-12-21(4,26)18(23)17(14)15/h14-18,26H,8-13H2,1-7H3/q-2/t14-,15-,16-,17-,18+,20-,21+,22+/m0/s1. The second-order valence-electron chi connectivity index (χ2n) is 10.5. The van der Waals surface area contributed by atoms with E-state index in [1.54, 1.807) is 0 Å². The lowest BCUT2D eigenvalue weighted by Gasteiger charge is -2.64. The third-order valence-corrected chi connectivity index (χ3v) is 9.32. The van der Waals surface area contributed by atoms with E-state index in [9.17, 15) is 5.11 Å². The number of nitrogens with zero attached hydrogens (tertiary/aromatic N) is 2. The van der Waals surface area contributed by atoms with Gasteiger partial charge in [-0.1, -0.05) is 33.1 Å². The minimum absolute atomic E-state index is 0.0444. The number of halogens is 1. The van der Waals surface area contributed by atoms with Crippen LogP contribution >= 0.6 is 11.6 Å². The summed E-state index contributed by atoms with van der Waals surface area (Å²) in [6.45, 7) is 10.8. The van der Waals surface area contributed by atoms with E-state index in [0.717, 1.165) is 38.5 Å². The molecule has 1 saturated heterocycles. The summed E-state index contributed by atoms with van der Waals surface area (Å²) in [6.07, 6.45) is 6.09. The van der Waals surface area contributed by atoms with Crippen molar-refractivity contribution in [3.05, 3.63) is 10.6 Å². The molecule has 0 unspecified atom stereocenters. The van der Waals surface area contributed by atoms with Gasteiger partial charge in [-0.2, -0.15) is 14.1 Å². The summed E-state index contributed by atoms with van der Waals surface area (Å²) >= 11 is 6.99. The highest BCUT2D eigenvalue weighted by molar-refractivity contribution is 6.21. The number of alkyl halides is 1. The van der Waals surface area contributed by atoms with Crippen LogP contribution < -0.4 is 0 Å². The molecule has 1 heterocycles. The molecule has 3 aliphatic rings. The summed E-state index contributed by atoms with van der Waals surface area (Å²) in [4.78, 5) is 0. The van der Waals surface area contributed by atoms with Gasteiger partial charge in [0.25, 0.3) is 0 Å². The van der Waals surface area contributed by atoms with Crippen LogP contribution in [0.1, 0.15) is 73.1 Å². The number of aliphatic hydroxyl groups is 1. The van der Waals surface area contributed by atoms with Crippen LogP contribution in [0.2, 0.25) is 0 Å². The van der Waals surface area contributed by atoms with Crippen LogP contribution in [0.5, 0.6) is 0 Å².